The summed E-state index contributed by atoms with van der Waals surface area (Å²) in [6.45, 7) is 8.02. The van der Waals surface area contributed by atoms with Crippen LogP contribution in [0.1, 0.15) is 48.4 Å². The van der Waals surface area contributed by atoms with E-state index in [2.05, 4.69) is 10.6 Å². The summed E-state index contributed by atoms with van der Waals surface area (Å²) in [4.78, 5) is 39.5. The third-order valence-electron chi connectivity index (χ3n) is 5.90. The molecule has 3 aromatic rings. The second kappa shape index (κ2) is 11.1. The van der Waals surface area contributed by atoms with Crippen molar-refractivity contribution in [2.75, 3.05) is 37.4 Å². The molecule has 0 aromatic heterocycles. The summed E-state index contributed by atoms with van der Waals surface area (Å²) in [5.74, 6) is -0.903. The quantitative estimate of drug-likeness (QED) is 0.245. The summed E-state index contributed by atoms with van der Waals surface area (Å²) in [6.07, 6.45) is 0. The molecule has 0 aliphatic carbocycles. The molecule has 0 atom stereocenters. The van der Waals surface area contributed by atoms with Crippen LogP contribution in [0.25, 0.3) is 10.8 Å². The number of nitrogens with zero attached hydrogens (tertiary/aromatic N) is 1. The van der Waals surface area contributed by atoms with E-state index >= 15 is 0 Å². The Labute approximate surface area is 211 Å². The van der Waals surface area contributed by atoms with Gasteiger partial charge in [0, 0.05) is 53.4 Å². The first-order valence-electron chi connectivity index (χ1n) is 11.9. The van der Waals surface area contributed by atoms with Crippen LogP contribution in [0.2, 0.25) is 0 Å². The van der Waals surface area contributed by atoms with Gasteiger partial charge in [0.2, 0.25) is 0 Å². The highest BCUT2D eigenvalue weighted by Gasteiger charge is 2.40. The van der Waals surface area contributed by atoms with Crippen LogP contribution in [0.4, 0.5) is 11.4 Å². The van der Waals surface area contributed by atoms with Crippen LogP contribution in [0, 0.1) is 5.41 Å². The number of benzene rings is 3. The number of esters is 1. The summed E-state index contributed by atoms with van der Waals surface area (Å²) in [5, 5.41) is 16.5. The number of phenols is 1. The molecule has 0 bridgehead atoms. The zero-order valence-electron chi connectivity index (χ0n) is 21.3. The summed E-state index contributed by atoms with van der Waals surface area (Å²) >= 11 is 0. The maximum absolute atomic E-state index is 13.1. The number of aromatic hydroxyl groups is 1. The van der Waals surface area contributed by atoms with Crippen molar-refractivity contribution in [3.63, 3.8) is 0 Å². The molecular formula is C28H33N3O5. The van der Waals surface area contributed by atoms with E-state index in [1.165, 1.54) is 0 Å². The first kappa shape index (κ1) is 26.5. The van der Waals surface area contributed by atoms with Crippen LogP contribution in [-0.2, 0) is 9.53 Å². The average Bonchev–Trinajstić information content (AvgIpc) is 2.87. The van der Waals surface area contributed by atoms with Crippen LogP contribution in [0.3, 0.4) is 0 Å². The Balaban J connectivity index is 0.000000338. The average molecular weight is 492 g/mol. The molecule has 0 radical (unpaired) electrons. The number of carbonyl (C=O) groups excluding carboxylic acids is 3. The van der Waals surface area contributed by atoms with Gasteiger partial charge in [-0.15, -0.1) is 0 Å². The lowest BCUT2D eigenvalue weighted by molar-refractivity contribution is -0.153. The Morgan fingerprint density at radius 3 is 2.19 bits per heavy atom. The molecule has 0 saturated carbocycles. The predicted molar refractivity (Wildman–Crippen MR) is 142 cm³/mol. The number of ether oxygens (including phenoxy) is 1. The van der Waals surface area contributed by atoms with E-state index in [1.807, 2.05) is 44.3 Å². The van der Waals surface area contributed by atoms with E-state index in [0.29, 0.717) is 22.3 Å². The van der Waals surface area contributed by atoms with Crippen LogP contribution < -0.4 is 10.6 Å². The Hall–Kier alpha value is -4.07. The molecular weight excluding hydrogens is 458 g/mol. The summed E-state index contributed by atoms with van der Waals surface area (Å²) in [6, 6.07) is 15.9. The third-order valence-corrected chi connectivity index (χ3v) is 5.90. The van der Waals surface area contributed by atoms with Gasteiger partial charge in [0.05, 0.1) is 12.0 Å². The highest BCUT2D eigenvalue weighted by molar-refractivity contribution is 6.26. The highest BCUT2D eigenvalue weighted by Crippen LogP contribution is 2.35. The monoisotopic (exact) mass is 491 g/mol. The maximum atomic E-state index is 13.1. The van der Waals surface area contributed by atoms with E-state index in [9.17, 15) is 14.4 Å². The number of nitrogens with one attached hydrogen (secondary N) is 2. The van der Waals surface area contributed by atoms with Gasteiger partial charge in [0.25, 0.3) is 11.8 Å². The van der Waals surface area contributed by atoms with Gasteiger partial charge in [-0.3, -0.25) is 19.3 Å². The van der Waals surface area contributed by atoms with Crippen molar-refractivity contribution in [2.45, 2.75) is 27.7 Å². The van der Waals surface area contributed by atoms with Crippen molar-refractivity contribution in [1.82, 2.24) is 4.90 Å². The Morgan fingerprint density at radius 2 is 1.61 bits per heavy atom. The van der Waals surface area contributed by atoms with Gasteiger partial charge >= 0.3 is 5.97 Å². The second-order valence-electron chi connectivity index (χ2n) is 9.02. The molecule has 1 aliphatic rings. The largest absolute Gasteiger partial charge is 0.508 e. The fourth-order valence-corrected chi connectivity index (χ4v) is 4.05. The van der Waals surface area contributed by atoms with Gasteiger partial charge in [-0.2, -0.15) is 0 Å². The molecule has 1 aliphatic heterocycles. The molecule has 2 amide bonds. The first-order valence-corrected chi connectivity index (χ1v) is 11.9. The van der Waals surface area contributed by atoms with Crippen molar-refractivity contribution >= 4 is 39.9 Å². The van der Waals surface area contributed by atoms with Crippen molar-refractivity contribution in [2.24, 2.45) is 5.41 Å². The SMILES string of the molecule is CCNc1ccc2c3c(cccc13)C(=O)N(CC(C)(C)C(=O)OCC)C2=O.CNc1ccc(O)cc1. The lowest BCUT2D eigenvalue weighted by Crippen LogP contribution is -2.48. The number of phenolic OH excluding ortho intramolecular Hbond substituents is 1. The highest BCUT2D eigenvalue weighted by atomic mass is 16.5. The van der Waals surface area contributed by atoms with Crippen molar-refractivity contribution in [3.05, 3.63) is 65.7 Å². The number of hydrogen-bond donors (Lipinski definition) is 3. The van der Waals surface area contributed by atoms with Gasteiger partial charge in [-0.25, -0.2) is 0 Å². The Morgan fingerprint density at radius 1 is 0.972 bits per heavy atom. The molecule has 0 fully saturated rings. The van der Waals surface area contributed by atoms with E-state index in [4.69, 9.17) is 9.84 Å². The fraction of sp³-hybridized carbons (Fsp3) is 0.321. The topological polar surface area (TPSA) is 108 Å². The molecule has 8 heteroatoms. The lowest BCUT2D eigenvalue weighted by Gasteiger charge is -2.33. The molecule has 1 heterocycles. The number of imide groups is 1. The van der Waals surface area contributed by atoms with Crippen molar-refractivity contribution in [1.29, 1.82) is 0 Å². The zero-order valence-corrected chi connectivity index (χ0v) is 21.3. The van der Waals surface area contributed by atoms with E-state index in [1.54, 1.807) is 45.0 Å². The van der Waals surface area contributed by atoms with Crippen LogP contribution in [0.5, 0.6) is 5.75 Å². The van der Waals surface area contributed by atoms with Crippen molar-refractivity contribution < 1.29 is 24.2 Å². The number of hydrogen-bond acceptors (Lipinski definition) is 7. The molecule has 0 unspecified atom stereocenters. The first-order chi connectivity index (χ1) is 17.1. The molecule has 3 N–H and O–H groups in total. The molecule has 8 nitrogen and oxygen atoms in total. The lowest BCUT2D eigenvalue weighted by atomic mass is 9.89. The fourth-order valence-electron chi connectivity index (χ4n) is 4.05. The van der Waals surface area contributed by atoms with Gasteiger partial charge in [-0.1, -0.05) is 12.1 Å². The van der Waals surface area contributed by atoms with E-state index in [0.717, 1.165) is 28.2 Å². The zero-order chi connectivity index (χ0) is 26.5. The van der Waals surface area contributed by atoms with Gasteiger partial charge in [0.15, 0.2) is 0 Å². The van der Waals surface area contributed by atoms with Crippen molar-refractivity contribution in [3.8, 4) is 5.75 Å². The summed E-state index contributed by atoms with van der Waals surface area (Å²) < 4.78 is 5.09. The van der Waals surface area contributed by atoms with E-state index < -0.39 is 11.4 Å². The standard InChI is InChI=1S/C21H24N2O4.C7H9NO/c1-5-22-16-11-10-15-17-13(16)8-7-9-14(17)18(24)23(19(15)25)12-21(3,4)20(26)27-6-2;1-8-6-2-4-7(9)5-3-6/h7-11,22H,5-6,12H2,1-4H3;2-5,8-9H,1H3. The van der Waals surface area contributed by atoms with Crippen LogP contribution in [0.15, 0.2) is 54.6 Å². The van der Waals surface area contributed by atoms with Crippen LogP contribution in [-0.4, -0.2) is 54.5 Å². The minimum Gasteiger partial charge on any atom is -0.508 e. The predicted octanol–water partition coefficient (Wildman–Crippen LogP) is 4.89. The van der Waals surface area contributed by atoms with Gasteiger partial charge in [-0.05, 0) is 70.2 Å². The number of amides is 2. The normalized spacial score (nSPS) is 12.6. The van der Waals surface area contributed by atoms with E-state index in [-0.39, 0.29) is 25.0 Å². The Kier molecular flexibility index (Phi) is 8.19. The number of anilines is 2. The minimum absolute atomic E-state index is 0.0334. The minimum atomic E-state index is -0.990. The number of rotatable bonds is 7. The maximum Gasteiger partial charge on any atom is 0.313 e. The van der Waals surface area contributed by atoms with Gasteiger partial charge < -0.3 is 20.5 Å². The molecule has 0 spiro atoms. The second-order valence-corrected chi connectivity index (χ2v) is 9.02. The smallest absolute Gasteiger partial charge is 0.313 e. The summed E-state index contributed by atoms with van der Waals surface area (Å²) in [5.41, 5.74) is 1.85. The number of carbonyl (C=O) groups is 3. The van der Waals surface area contributed by atoms with Crippen LogP contribution >= 0.6 is 0 Å². The molecule has 0 saturated heterocycles. The van der Waals surface area contributed by atoms with Gasteiger partial charge in [0.1, 0.15) is 5.75 Å². The summed E-state index contributed by atoms with van der Waals surface area (Å²) in [7, 11) is 1.84. The molecule has 190 valence electrons. The molecule has 36 heavy (non-hydrogen) atoms. The molecule has 3 aromatic carbocycles. The molecule has 4 rings (SSSR count). The third kappa shape index (κ3) is 5.43. The Bertz CT molecular complexity index is 1250.